The number of nitrogens with zero attached hydrogens (tertiary/aromatic N) is 1. The molecule has 92 valence electrons. The first-order valence-electron chi connectivity index (χ1n) is 6.61. The number of rotatable bonds is 1. The Morgan fingerprint density at radius 2 is 1.62 bits per heavy atom. The van der Waals surface area contributed by atoms with Crippen molar-refractivity contribution < 1.29 is 9.53 Å². The average molecular weight is 225 g/mol. The minimum absolute atomic E-state index is 0.191. The van der Waals surface area contributed by atoms with Gasteiger partial charge in [0.15, 0.2) is 0 Å². The van der Waals surface area contributed by atoms with E-state index in [0.29, 0.717) is 11.8 Å². The molecule has 2 rings (SSSR count). The second kappa shape index (κ2) is 5.17. The molecule has 0 bridgehead atoms. The zero-order valence-electron chi connectivity index (χ0n) is 10.4. The van der Waals surface area contributed by atoms with E-state index in [4.69, 9.17) is 4.74 Å². The van der Waals surface area contributed by atoms with Crippen molar-refractivity contribution in [3.05, 3.63) is 0 Å². The molecule has 1 amide bonds. The van der Waals surface area contributed by atoms with Crippen LogP contribution in [0.25, 0.3) is 0 Å². The molecule has 2 aliphatic rings. The van der Waals surface area contributed by atoms with Crippen molar-refractivity contribution in [2.75, 3.05) is 13.1 Å². The minimum atomic E-state index is 0.191. The summed E-state index contributed by atoms with van der Waals surface area (Å²) in [6, 6.07) is 0. The van der Waals surface area contributed by atoms with Gasteiger partial charge in [0.2, 0.25) is 5.91 Å². The first-order chi connectivity index (χ1) is 7.66. The van der Waals surface area contributed by atoms with E-state index >= 15 is 0 Å². The third kappa shape index (κ3) is 2.76. The van der Waals surface area contributed by atoms with E-state index in [1.54, 1.807) is 0 Å². The molecule has 16 heavy (non-hydrogen) atoms. The van der Waals surface area contributed by atoms with Crippen LogP contribution in [-0.2, 0) is 9.53 Å². The lowest BCUT2D eigenvalue weighted by molar-refractivity contribution is -0.148. The summed E-state index contributed by atoms with van der Waals surface area (Å²) in [5.41, 5.74) is 0. The van der Waals surface area contributed by atoms with E-state index in [9.17, 15) is 4.79 Å². The van der Waals surface area contributed by atoms with Gasteiger partial charge < -0.3 is 9.64 Å². The Balaban J connectivity index is 1.92. The van der Waals surface area contributed by atoms with Crippen LogP contribution in [0.2, 0.25) is 0 Å². The molecule has 0 aromatic carbocycles. The van der Waals surface area contributed by atoms with Crippen LogP contribution >= 0.6 is 0 Å². The normalized spacial score (nSPS) is 32.8. The van der Waals surface area contributed by atoms with Crippen LogP contribution in [0.4, 0.5) is 0 Å². The SMILES string of the molecule is C[C@H]1CN(C(=O)C2CCCCC2)C[C@H](C)O1. The van der Waals surface area contributed by atoms with Crippen molar-refractivity contribution in [1.29, 1.82) is 0 Å². The maximum Gasteiger partial charge on any atom is 0.225 e. The smallest absolute Gasteiger partial charge is 0.225 e. The van der Waals surface area contributed by atoms with E-state index in [0.717, 1.165) is 25.9 Å². The summed E-state index contributed by atoms with van der Waals surface area (Å²) in [5, 5.41) is 0. The van der Waals surface area contributed by atoms with E-state index in [1.807, 2.05) is 4.90 Å². The monoisotopic (exact) mass is 225 g/mol. The van der Waals surface area contributed by atoms with Crippen molar-refractivity contribution in [2.24, 2.45) is 5.92 Å². The molecule has 3 heteroatoms. The number of ether oxygens (including phenoxy) is 1. The Labute approximate surface area is 98.1 Å². The van der Waals surface area contributed by atoms with Gasteiger partial charge in [-0.25, -0.2) is 0 Å². The number of morpholine rings is 1. The highest BCUT2D eigenvalue weighted by molar-refractivity contribution is 5.79. The van der Waals surface area contributed by atoms with Crippen LogP contribution in [0, 0.1) is 5.92 Å². The molecule has 0 unspecified atom stereocenters. The van der Waals surface area contributed by atoms with Gasteiger partial charge in [-0.1, -0.05) is 19.3 Å². The topological polar surface area (TPSA) is 29.5 Å². The Bertz CT molecular complexity index is 238. The lowest BCUT2D eigenvalue weighted by Gasteiger charge is -2.37. The summed E-state index contributed by atoms with van der Waals surface area (Å²) in [7, 11) is 0. The zero-order chi connectivity index (χ0) is 11.5. The largest absolute Gasteiger partial charge is 0.372 e. The first-order valence-corrected chi connectivity index (χ1v) is 6.61. The average Bonchev–Trinajstić information content (AvgIpc) is 2.28. The number of hydrogen-bond donors (Lipinski definition) is 0. The quantitative estimate of drug-likeness (QED) is 0.684. The van der Waals surface area contributed by atoms with Gasteiger partial charge in [-0.2, -0.15) is 0 Å². The molecular formula is C13H23NO2. The van der Waals surface area contributed by atoms with Gasteiger partial charge in [0, 0.05) is 19.0 Å². The van der Waals surface area contributed by atoms with Crippen LogP contribution in [-0.4, -0.2) is 36.1 Å². The summed E-state index contributed by atoms with van der Waals surface area (Å²) < 4.78 is 5.66. The molecule has 2 atom stereocenters. The highest BCUT2D eigenvalue weighted by atomic mass is 16.5. The van der Waals surface area contributed by atoms with E-state index in [1.165, 1.54) is 19.3 Å². The van der Waals surface area contributed by atoms with Gasteiger partial charge in [0.1, 0.15) is 0 Å². The van der Waals surface area contributed by atoms with Crippen LogP contribution in [0.15, 0.2) is 0 Å². The van der Waals surface area contributed by atoms with Crippen LogP contribution in [0.5, 0.6) is 0 Å². The van der Waals surface area contributed by atoms with Gasteiger partial charge in [0.05, 0.1) is 12.2 Å². The fraction of sp³-hybridized carbons (Fsp3) is 0.923. The number of carbonyl (C=O) groups is 1. The van der Waals surface area contributed by atoms with Crippen molar-refractivity contribution in [3.63, 3.8) is 0 Å². The summed E-state index contributed by atoms with van der Waals surface area (Å²) >= 11 is 0. The van der Waals surface area contributed by atoms with Gasteiger partial charge >= 0.3 is 0 Å². The molecule has 1 saturated carbocycles. The predicted octanol–water partition coefficient (Wildman–Crippen LogP) is 2.20. The third-order valence-corrected chi connectivity index (χ3v) is 3.69. The van der Waals surface area contributed by atoms with Crippen molar-refractivity contribution >= 4 is 5.91 Å². The highest BCUT2D eigenvalue weighted by Gasteiger charge is 2.30. The Morgan fingerprint density at radius 3 is 2.19 bits per heavy atom. The van der Waals surface area contributed by atoms with E-state index in [-0.39, 0.29) is 12.2 Å². The maximum atomic E-state index is 12.3. The Kier molecular flexibility index (Phi) is 3.85. The number of carbonyl (C=O) groups excluding carboxylic acids is 1. The van der Waals surface area contributed by atoms with Crippen molar-refractivity contribution in [2.45, 2.75) is 58.2 Å². The molecule has 0 aromatic heterocycles. The van der Waals surface area contributed by atoms with Crippen LogP contribution in [0.1, 0.15) is 46.0 Å². The van der Waals surface area contributed by atoms with Gasteiger partial charge in [-0.15, -0.1) is 0 Å². The van der Waals surface area contributed by atoms with Crippen molar-refractivity contribution in [3.8, 4) is 0 Å². The van der Waals surface area contributed by atoms with Gasteiger partial charge in [-0.05, 0) is 26.7 Å². The van der Waals surface area contributed by atoms with Crippen LogP contribution < -0.4 is 0 Å². The number of hydrogen-bond acceptors (Lipinski definition) is 2. The summed E-state index contributed by atoms with van der Waals surface area (Å²) in [6.07, 6.45) is 6.34. The molecule has 0 radical (unpaired) electrons. The predicted molar refractivity (Wildman–Crippen MR) is 63.2 cm³/mol. The van der Waals surface area contributed by atoms with Crippen LogP contribution in [0.3, 0.4) is 0 Å². The Hall–Kier alpha value is -0.570. The second-order valence-electron chi connectivity index (χ2n) is 5.34. The van der Waals surface area contributed by atoms with Gasteiger partial charge in [0.25, 0.3) is 0 Å². The molecule has 1 aliphatic carbocycles. The molecule has 1 saturated heterocycles. The maximum absolute atomic E-state index is 12.3. The fourth-order valence-electron chi connectivity index (χ4n) is 2.97. The molecule has 1 heterocycles. The molecule has 2 fully saturated rings. The lowest BCUT2D eigenvalue weighted by atomic mass is 9.88. The second-order valence-corrected chi connectivity index (χ2v) is 5.34. The zero-order valence-corrected chi connectivity index (χ0v) is 10.4. The molecule has 3 nitrogen and oxygen atoms in total. The van der Waals surface area contributed by atoms with E-state index in [2.05, 4.69) is 13.8 Å². The fourth-order valence-corrected chi connectivity index (χ4v) is 2.97. The number of amides is 1. The first kappa shape index (κ1) is 11.9. The summed E-state index contributed by atoms with van der Waals surface area (Å²) in [6.45, 7) is 5.66. The Morgan fingerprint density at radius 1 is 1.06 bits per heavy atom. The van der Waals surface area contributed by atoms with Gasteiger partial charge in [-0.3, -0.25) is 4.79 Å². The molecule has 0 spiro atoms. The van der Waals surface area contributed by atoms with Crippen molar-refractivity contribution in [1.82, 2.24) is 4.90 Å². The third-order valence-electron chi connectivity index (χ3n) is 3.69. The molecule has 1 aliphatic heterocycles. The van der Waals surface area contributed by atoms with E-state index < -0.39 is 0 Å². The molecule has 0 aromatic rings. The summed E-state index contributed by atoms with van der Waals surface area (Å²) in [4.78, 5) is 14.3. The highest BCUT2D eigenvalue weighted by Crippen LogP contribution is 2.26. The standard InChI is InChI=1S/C13H23NO2/c1-10-8-14(9-11(2)16-10)13(15)12-6-4-3-5-7-12/h10-12H,3-9H2,1-2H3/t10-,11-/m0/s1. The lowest BCUT2D eigenvalue weighted by Crippen LogP contribution is -2.50. The molecular weight excluding hydrogens is 202 g/mol. The molecule has 0 N–H and O–H groups in total. The minimum Gasteiger partial charge on any atom is -0.372 e. The summed E-state index contributed by atoms with van der Waals surface area (Å²) in [5.74, 6) is 0.674.